The number of ether oxygens (including phenoxy) is 3. The predicted octanol–water partition coefficient (Wildman–Crippen LogP) is 4.60. The SMILES string of the molecule is COc1cc(Nc2cccc3c2cc(Cl)n3C)cc(OC)c1OC. The van der Waals surface area contributed by atoms with Crippen molar-refractivity contribution in [2.24, 2.45) is 7.05 Å². The van der Waals surface area contributed by atoms with Gasteiger partial charge in [0.15, 0.2) is 11.5 Å². The molecule has 0 unspecified atom stereocenters. The molecule has 1 heterocycles. The number of nitrogens with zero attached hydrogens (tertiary/aromatic N) is 1. The number of hydrogen-bond acceptors (Lipinski definition) is 4. The normalized spacial score (nSPS) is 10.7. The summed E-state index contributed by atoms with van der Waals surface area (Å²) >= 11 is 6.24. The van der Waals surface area contributed by atoms with E-state index in [9.17, 15) is 0 Å². The van der Waals surface area contributed by atoms with Crippen LogP contribution in [0.5, 0.6) is 17.2 Å². The molecule has 24 heavy (non-hydrogen) atoms. The van der Waals surface area contributed by atoms with E-state index < -0.39 is 0 Å². The van der Waals surface area contributed by atoms with Crippen molar-refractivity contribution < 1.29 is 14.2 Å². The summed E-state index contributed by atoms with van der Waals surface area (Å²) in [4.78, 5) is 0. The Kier molecular flexibility index (Phi) is 4.44. The van der Waals surface area contributed by atoms with E-state index in [0.717, 1.165) is 22.3 Å². The van der Waals surface area contributed by atoms with Crippen molar-refractivity contribution in [3.8, 4) is 17.2 Å². The third-order valence-corrected chi connectivity index (χ3v) is 4.33. The van der Waals surface area contributed by atoms with Crippen LogP contribution in [0.4, 0.5) is 11.4 Å². The topological polar surface area (TPSA) is 44.7 Å². The van der Waals surface area contributed by atoms with Gasteiger partial charge in [-0.1, -0.05) is 17.7 Å². The van der Waals surface area contributed by atoms with Crippen LogP contribution in [-0.4, -0.2) is 25.9 Å². The minimum Gasteiger partial charge on any atom is -0.493 e. The molecule has 2 aromatic carbocycles. The van der Waals surface area contributed by atoms with E-state index in [1.807, 2.05) is 48.0 Å². The monoisotopic (exact) mass is 346 g/mol. The van der Waals surface area contributed by atoms with E-state index >= 15 is 0 Å². The molecule has 0 saturated carbocycles. The molecule has 126 valence electrons. The number of aromatic nitrogens is 1. The molecule has 0 amide bonds. The van der Waals surface area contributed by atoms with Crippen LogP contribution < -0.4 is 19.5 Å². The fourth-order valence-electron chi connectivity index (χ4n) is 2.75. The van der Waals surface area contributed by atoms with Crippen molar-refractivity contribution in [3.63, 3.8) is 0 Å². The molecule has 5 nitrogen and oxygen atoms in total. The summed E-state index contributed by atoms with van der Waals surface area (Å²) in [5.41, 5.74) is 2.83. The van der Waals surface area contributed by atoms with Crippen LogP contribution in [0, 0.1) is 0 Å². The lowest BCUT2D eigenvalue weighted by Crippen LogP contribution is -1.98. The third-order valence-electron chi connectivity index (χ3n) is 3.97. The minimum absolute atomic E-state index is 0.562. The molecule has 0 aliphatic rings. The van der Waals surface area contributed by atoms with E-state index in [1.165, 1.54) is 0 Å². The van der Waals surface area contributed by atoms with Crippen LogP contribution in [0.3, 0.4) is 0 Å². The zero-order valence-electron chi connectivity index (χ0n) is 14.0. The van der Waals surface area contributed by atoms with Gasteiger partial charge < -0.3 is 24.1 Å². The van der Waals surface area contributed by atoms with E-state index in [0.29, 0.717) is 22.4 Å². The van der Waals surface area contributed by atoms with E-state index in [1.54, 1.807) is 21.3 Å². The van der Waals surface area contributed by atoms with Gasteiger partial charge in [0, 0.05) is 35.9 Å². The van der Waals surface area contributed by atoms with Crippen LogP contribution in [0.15, 0.2) is 36.4 Å². The second kappa shape index (κ2) is 6.53. The van der Waals surface area contributed by atoms with Crippen molar-refractivity contribution in [3.05, 3.63) is 41.6 Å². The third kappa shape index (κ3) is 2.71. The van der Waals surface area contributed by atoms with Crippen LogP contribution in [0.25, 0.3) is 10.9 Å². The zero-order valence-corrected chi connectivity index (χ0v) is 14.8. The van der Waals surface area contributed by atoms with Crippen molar-refractivity contribution in [1.82, 2.24) is 4.57 Å². The Morgan fingerprint density at radius 2 is 1.62 bits per heavy atom. The Labute approximate surface area is 145 Å². The Morgan fingerprint density at radius 1 is 0.958 bits per heavy atom. The van der Waals surface area contributed by atoms with Gasteiger partial charge in [0.2, 0.25) is 5.75 Å². The summed E-state index contributed by atoms with van der Waals surface area (Å²) in [6.45, 7) is 0. The lowest BCUT2D eigenvalue weighted by Gasteiger charge is -2.15. The molecule has 0 radical (unpaired) electrons. The predicted molar refractivity (Wildman–Crippen MR) is 97.3 cm³/mol. The van der Waals surface area contributed by atoms with Gasteiger partial charge in [-0.2, -0.15) is 0 Å². The molecule has 3 rings (SSSR count). The quantitative estimate of drug-likeness (QED) is 0.733. The number of methoxy groups -OCH3 is 3. The molecule has 1 aromatic heterocycles. The number of fused-ring (bicyclic) bond motifs is 1. The lowest BCUT2D eigenvalue weighted by molar-refractivity contribution is 0.324. The summed E-state index contributed by atoms with van der Waals surface area (Å²) in [7, 11) is 6.71. The Balaban J connectivity index is 2.07. The largest absolute Gasteiger partial charge is 0.493 e. The zero-order chi connectivity index (χ0) is 17.3. The number of rotatable bonds is 5. The summed E-state index contributed by atoms with van der Waals surface area (Å²) in [5.74, 6) is 1.75. The molecule has 0 atom stereocenters. The molecule has 0 saturated heterocycles. The fraction of sp³-hybridized carbons (Fsp3) is 0.222. The summed E-state index contributed by atoms with van der Waals surface area (Å²) < 4.78 is 18.1. The van der Waals surface area contributed by atoms with Crippen LogP contribution in [0.2, 0.25) is 5.15 Å². The number of anilines is 2. The molecule has 0 aliphatic carbocycles. The minimum atomic E-state index is 0.562. The Morgan fingerprint density at radius 3 is 2.21 bits per heavy atom. The highest BCUT2D eigenvalue weighted by atomic mass is 35.5. The number of aryl methyl sites for hydroxylation is 1. The second-order valence-corrected chi connectivity index (χ2v) is 5.69. The average Bonchev–Trinajstić information content (AvgIpc) is 2.90. The van der Waals surface area contributed by atoms with Gasteiger partial charge >= 0.3 is 0 Å². The van der Waals surface area contributed by atoms with Gasteiger partial charge in [-0.3, -0.25) is 0 Å². The number of hydrogen-bond donors (Lipinski definition) is 1. The molecular formula is C18H19ClN2O3. The molecule has 0 bridgehead atoms. The number of nitrogens with one attached hydrogen (secondary N) is 1. The van der Waals surface area contributed by atoms with Gasteiger partial charge in [0.05, 0.1) is 26.8 Å². The van der Waals surface area contributed by atoms with Crippen LogP contribution >= 0.6 is 11.6 Å². The smallest absolute Gasteiger partial charge is 0.203 e. The number of benzene rings is 2. The second-order valence-electron chi connectivity index (χ2n) is 5.30. The molecule has 3 aromatic rings. The maximum atomic E-state index is 6.24. The van der Waals surface area contributed by atoms with Crippen molar-refractivity contribution >= 4 is 33.9 Å². The van der Waals surface area contributed by atoms with E-state index in [2.05, 4.69) is 5.32 Å². The Hall–Kier alpha value is -2.53. The standard InChI is InChI=1S/C18H19ClN2O3/c1-21-14-7-5-6-13(12(14)10-17(21)19)20-11-8-15(22-2)18(24-4)16(9-11)23-3/h5-10,20H,1-4H3. The van der Waals surface area contributed by atoms with Gasteiger partial charge in [-0.05, 0) is 18.2 Å². The molecule has 1 N–H and O–H groups in total. The van der Waals surface area contributed by atoms with Gasteiger partial charge in [-0.25, -0.2) is 0 Å². The summed E-state index contributed by atoms with van der Waals surface area (Å²) in [5, 5.41) is 5.13. The highest BCUT2D eigenvalue weighted by Crippen LogP contribution is 2.41. The van der Waals surface area contributed by atoms with Crippen LogP contribution in [-0.2, 0) is 7.05 Å². The molecule has 0 fully saturated rings. The molecule has 6 heteroatoms. The fourth-order valence-corrected chi connectivity index (χ4v) is 2.95. The molecular weight excluding hydrogens is 328 g/mol. The Bertz CT molecular complexity index is 864. The van der Waals surface area contributed by atoms with Gasteiger partial charge in [0.1, 0.15) is 5.15 Å². The highest BCUT2D eigenvalue weighted by Gasteiger charge is 2.14. The van der Waals surface area contributed by atoms with Gasteiger partial charge in [0.25, 0.3) is 0 Å². The first-order valence-corrected chi connectivity index (χ1v) is 7.77. The molecule has 0 aliphatic heterocycles. The summed E-state index contributed by atoms with van der Waals surface area (Å²) in [6.07, 6.45) is 0. The first-order chi connectivity index (χ1) is 11.6. The first kappa shape index (κ1) is 16.3. The highest BCUT2D eigenvalue weighted by molar-refractivity contribution is 6.31. The van der Waals surface area contributed by atoms with Crippen molar-refractivity contribution in [2.75, 3.05) is 26.6 Å². The van der Waals surface area contributed by atoms with E-state index in [-0.39, 0.29) is 0 Å². The van der Waals surface area contributed by atoms with Crippen LogP contribution in [0.1, 0.15) is 0 Å². The maximum Gasteiger partial charge on any atom is 0.203 e. The maximum absolute atomic E-state index is 6.24. The van der Waals surface area contributed by atoms with Crippen molar-refractivity contribution in [1.29, 1.82) is 0 Å². The number of halogens is 1. The average molecular weight is 347 g/mol. The van der Waals surface area contributed by atoms with Crippen molar-refractivity contribution in [2.45, 2.75) is 0 Å². The lowest BCUT2D eigenvalue weighted by atomic mass is 10.2. The first-order valence-electron chi connectivity index (χ1n) is 7.40. The summed E-state index contributed by atoms with van der Waals surface area (Å²) in [6, 6.07) is 11.7. The van der Waals surface area contributed by atoms with E-state index in [4.69, 9.17) is 25.8 Å². The van der Waals surface area contributed by atoms with Gasteiger partial charge in [-0.15, -0.1) is 0 Å². The molecule has 0 spiro atoms.